The Morgan fingerprint density at radius 1 is 1.33 bits per heavy atom. The molecule has 18 heavy (non-hydrogen) atoms. The molecule has 2 aromatic rings. The first-order valence-corrected chi connectivity index (χ1v) is 5.39. The highest BCUT2D eigenvalue weighted by molar-refractivity contribution is 5.32. The highest BCUT2D eigenvalue weighted by atomic mass is 19.1. The second-order valence-corrected chi connectivity index (χ2v) is 3.44. The van der Waals surface area contributed by atoms with E-state index in [9.17, 15) is 8.78 Å². The van der Waals surface area contributed by atoms with Crippen molar-refractivity contribution < 1.29 is 13.5 Å². The number of anilines is 1. The number of hydrogen-bond acceptors (Lipinski definition) is 4. The van der Waals surface area contributed by atoms with E-state index in [1.165, 1.54) is 18.2 Å². The molecule has 0 amide bonds. The molecule has 0 unspecified atom stereocenters. The third-order valence-electron chi connectivity index (χ3n) is 2.06. The first kappa shape index (κ1) is 12.2. The second-order valence-electron chi connectivity index (χ2n) is 3.44. The van der Waals surface area contributed by atoms with Gasteiger partial charge in [0.25, 0.3) is 5.88 Å². The summed E-state index contributed by atoms with van der Waals surface area (Å²) in [6.07, 6.45) is 1.000. The van der Waals surface area contributed by atoms with Gasteiger partial charge in [-0.2, -0.15) is 9.37 Å². The summed E-state index contributed by atoms with van der Waals surface area (Å²) in [4.78, 5) is 7.58. The van der Waals surface area contributed by atoms with Crippen LogP contribution in [-0.2, 0) is 0 Å². The molecule has 0 aliphatic rings. The number of halogens is 2. The van der Waals surface area contributed by atoms with Crippen LogP contribution < -0.4 is 10.1 Å². The number of rotatable bonds is 4. The summed E-state index contributed by atoms with van der Waals surface area (Å²) in [5, 5.41) is 2.83. The van der Waals surface area contributed by atoms with E-state index in [-0.39, 0.29) is 17.6 Å². The van der Waals surface area contributed by atoms with Crippen molar-refractivity contribution in [3.05, 3.63) is 42.1 Å². The molecule has 0 saturated carbocycles. The smallest absolute Gasteiger partial charge is 0.260 e. The Morgan fingerprint density at radius 3 is 2.89 bits per heavy atom. The molecule has 0 radical (unpaired) electrons. The van der Waals surface area contributed by atoms with Crippen LogP contribution in [0.2, 0.25) is 0 Å². The van der Waals surface area contributed by atoms with Gasteiger partial charge in [-0.3, -0.25) is 0 Å². The minimum atomic E-state index is -0.707. The average molecular weight is 251 g/mol. The second kappa shape index (κ2) is 5.39. The molecule has 94 valence electrons. The molecular formula is C12H11F2N3O. The maximum atomic E-state index is 13.4. The van der Waals surface area contributed by atoms with E-state index in [1.807, 2.05) is 6.92 Å². The molecule has 6 heteroatoms. The molecule has 0 saturated heterocycles. The molecule has 0 aliphatic heterocycles. The van der Waals surface area contributed by atoms with E-state index in [0.717, 1.165) is 12.3 Å². The Hall–Kier alpha value is -2.24. The summed E-state index contributed by atoms with van der Waals surface area (Å²) >= 11 is 0. The van der Waals surface area contributed by atoms with Crippen LogP contribution in [0.3, 0.4) is 0 Å². The zero-order valence-electron chi connectivity index (χ0n) is 9.65. The van der Waals surface area contributed by atoms with E-state index in [4.69, 9.17) is 4.74 Å². The van der Waals surface area contributed by atoms with Crippen molar-refractivity contribution in [2.75, 3.05) is 11.9 Å². The van der Waals surface area contributed by atoms with Crippen molar-refractivity contribution >= 4 is 5.95 Å². The summed E-state index contributed by atoms with van der Waals surface area (Å²) in [5.74, 6) is -0.985. The number of aromatic nitrogens is 2. The van der Waals surface area contributed by atoms with Crippen LogP contribution in [0, 0.1) is 11.6 Å². The van der Waals surface area contributed by atoms with Crippen molar-refractivity contribution in [3.8, 4) is 11.6 Å². The van der Waals surface area contributed by atoms with Gasteiger partial charge < -0.3 is 10.1 Å². The van der Waals surface area contributed by atoms with Gasteiger partial charge in [-0.1, -0.05) is 6.07 Å². The fraction of sp³-hybridized carbons (Fsp3) is 0.167. The topological polar surface area (TPSA) is 47.0 Å². The van der Waals surface area contributed by atoms with Crippen molar-refractivity contribution in [2.24, 2.45) is 0 Å². The van der Waals surface area contributed by atoms with E-state index >= 15 is 0 Å². The lowest BCUT2D eigenvalue weighted by Crippen LogP contribution is -2.04. The molecule has 1 aromatic heterocycles. The minimum Gasteiger partial charge on any atom is -0.436 e. The van der Waals surface area contributed by atoms with Gasteiger partial charge in [0.15, 0.2) is 0 Å². The highest BCUT2D eigenvalue weighted by Crippen LogP contribution is 2.23. The number of nitrogens with one attached hydrogen (secondary N) is 1. The van der Waals surface area contributed by atoms with Crippen LogP contribution in [0.1, 0.15) is 6.92 Å². The zero-order valence-corrected chi connectivity index (χ0v) is 9.65. The van der Waals surface area contributed by atoms with Gasteiger partial charge in [-0.25, -0.2) is 9.37 Å². The van der Waals surface area contributed by atoms with Crippen LogP contribution in [0.5, 0.6) is 11.6 Å². The average Bonchev–Trinajstić information content (AvgIpc) is 2.34. The third-order valence-corrected chi connectivity index (χ3v) is 2.06. The van der Waals surface area contributed by atoms with Crippen LogP contribution in [0.25, 0.3) is 0 Å². The van der Waals surface area contributed by atoms with Gasteiger partial charge in [0.05, 0.1) is 6.20 Å². The van der Waals surface area contributed by atoms with E-state index in [1.54, 1.807) is 0 Å². The van der Waals surface area contributed by atoms with Crippen LogP contribution in [0.15, 0.2) is 30.5 Å². The SMILES string of the molecule is CCNc1ncc(F)c(Oc2cccc(F)c2)n1. The van der Waals surface area contributed by atoms with Crippen molar-refractivity contribution in [3.63, 3.8) is 0 Å². The fourth-order valence-electron chi connectivity index (χ4n) is 1.31. The molecule has 0 bridgehead atoms. The Balaban J connectivity index is 2.25. The Labute approximate surface area is 103 Å². The Kier molecular flexibility index (Phi) is 3.66. The first-order valence-electron chi connectivity index (χ1n) is 5.39. The number of nitrogens with zero attached hydrogens (tertiary/aromatic N) is 2. The van der Waals surface area contributed by atoms with Crippen molar-refractivity contribution in [1.82, 2.24) is 9.97 Å². The van der Waals surface area contributed by atoms with Crippen LogP contribution in [0.4, 0.5) is 14.7 Å². The summed E-state index contributed by atoms with van der Waals surface area (Å²) in [6.45, 7) is 2.46. The van der Waals surface area contributed by atoms with Crippen molar-refractivity contribution in [2.45, 2.75) is 6.92 Å². The molecule has 1 heterocycles. The Morgan fingerprint density at radius 2 is 2.17 bits per heavy atom. The molecule has 0 aliphatic carbocycles. The predicted octanol–water partition coefficient (Wildman–Crippen LogP) is 2.98. The molecule has 0 spiro atoms. The lowest BCUT2D eigenvalue weighted by molar-refractivity contribution is 0.418. The standard InChI is InChI=1S/C12H11F2N3O/c1-2-15-12-16-7-10(14)11(17-12)18-9-5-3-4-8(13)6-9/h3-7H,2H2,1H3,(H,15,16,17). The summed E-state index contributed by atoms with van der Waals surface area (Å²) in [7, 11) is 0. The molecule has 1 aromatic carbocycles. The summed E-state index contributed by atoms with van der Waals surface area (Å²) in [5.41, 5.74) is 0. The van der Waals surface area contributed by atoms with Crippen LogP contribution >= 0.6 is 0 Å². The molecule has 0 atom stereocenters. The van der Waals surface area contributed by atoms with Gasteiger partial charge in [0.1, 0.15) is 11.6 Å². The third kappa shape index (κ3) is 2.91. The minimum absolute atomic E-state index is 0.176. The summed E-state index contributed by atoms with van der Waals surface area (Å²) < 4.78 is 31.5. The molecule has 4 nitrogen and oxygen atoms in total. The first-order chi connectivity index (χ1) is 8.69. The van der Waals surface area contributed by atoms with Gasteiger partial charge in [0.2, 0.25) is 11.8 Å². The molecule has 1 N–H and O–H groups in total. The molecule has 0 fully saturated rings. The predicted molar refractivity (Wildman–Crippen MR) is 62.6 cm³/mol. The molecular weight excluding hydrogens is 240 g/mol. The van der Waals surface area contributed by atoms with Crippen LogP contribution in [-0.4, -0.2) is 16.5 Å². The zero-order chi connectivity index (χ0) is 13.0. The van der Waals surface area contributed by atoms with Gasteiger partial charge in [0, 0.05) is 12.6 Å². The van der Waals surface area contributed by atoms with E-state index in [0.29, 0.717) is 6.54 Å². The lowest BCUT2D eigenvalue weighted by Gasteiger charge is -2.07. The molecule has 2 rings (SSSR count). The quantitative estimate of drug-likeness (QED) is 0.907. The largest absolute Gasteiger partial charge is 0.436 e. The summed E-state index contributed by atoms with van der Waals surface area (Å²) in [6, 6.07) is 5.40. The highest BCUT2D eigenvalue weighted by Gasteiger charge is 2.09. The van der Waals surface area contributed by atoms with Crippen molar-refractivity contribution in [1.29, 1.82) is 0 Å². The number of benzene rings is 1. The number of ether oxygens (including phenoxy) is 1. The van der Waals surface area contributed by atoms with Gasteiger partial charge in [-0.05, 0) is 19.1 Å². The van der Waals surface area contributed by atoms with Gasteiger partial charge >= 0.3 is 0 Å². The Bertz CT molecular complexity index is 549. The van der Waals surface area contributed by atoms with Gasteiger partial charge in [-0.15, -0.1) is 0 Å². The van der Waals surface area contributed by atoms with E-state index < -0.39 is 11.6 Å². The lowest BCUT2D eigenvalue weighted by atomic mass is 10.3. The normalized spacial score (nSPS) is 10.2. The van der Waals surface area contributed by atoms with E-state index in [2.05, 4.69) is 15.3 Å². The maximum Gasteiger partial charge on any atom is 0.260 e. The maximum absolute atomic E-state index is 13.4. The monoisotopic (exact) mass is 251 g/mol. The fourth-order valence-corrected chi connectivity index (χ4v) is 1.31. The number of hydrogen-bond donors (Lipinski definition) is 1.